The number of rotatable bonds is 4. The van der Waals surface area contributed by atoms with E-state index in [4.69, 9.17) is 4.74 Å². The highest BCUT2D eigenvalue weighted by Crippen LogP contribution is 2.28. The average Bonchev–Trinajstić information content (AvgIpc) is 2.42. The Morgan fingerprint density at radius 2 is 1.71 bits per heavy atom. The van der Waals surface area contributed by atoms with E-state index in [2.05, 4.69) is 4.90 Å². The van der Waals surface area contributed by atoms with Crippen LogP contribution in [0, 0.1) is 13.8 Å². The lowest BCUT2D eigenvalue weighted by atomic mass is 10.1. The largest absolute Gasteiger partial charge is 0.494 e. The van der Waals surface area contributed by atoms with E-state index in [0.717, 1.165) is 24.2 Å². The van der Waals surface area contributed by atoms with Crippen LogP contribution in [-0.2, 0) is 10.0 Å². The lowest BCUT2D eigenvalue weighted by Crippen LogP contribution is -2.47. The van der Waals surface area contributed by atoms with Gasteiger partial charge in [0.15, 0.2) is 0 Å². The number of likely N-dealkylation sites (N-methyl/N-ethyl adjacent to an activating group) is 1. The Bertz CT molecular complexity index is 606. The quantitative estimate of drug-likeness (QED) is 0.848. The second-order valence-electron chi connectivity index (χ2n) is 5.52. The van der Waals surface area contributed by atoms with E-state index >= 15 is 0 Å². The molecule has 0 amide bonds. The normalized spacial score (nSPS) is 17.9. The third-order valence-electron chi connectivity index (χ3n) is 3.85. The van der Waals surface area contributed by atoms with Gasteiger partial charge < -0.3 is 9.64 Å². The van der Waals surface area contributed by atoms with Gasteiger partial charge in [-0.15, -0.1) is 0 Å². The van der Waals surface area contributed by atoms with Crippen LogP contribution >= 0.6 is 0 Å². The van der Waals surface area contributed by atoms with E-state index < -0.39 is 10.0 Å². The summed E-state index contributed by atoms with van der Waals surface area (Å²) in [7, 11) is -1.44. The third kappa shape index (κ3) is 3.39. The fourth-order valence-corrected chi connectivity index (χ4v) is 4.21. The molecule has 21 heavy (non-hydrogen) atoms. The zero-order chi connectivity index (χ0) is 15.6. The molecule has 0 aromatic heterocycles. The molecule has 6 heteroatoms. The highest BCUT2D eigenvalue weighted by Gasteiger charge is 2.29. The van der Waals surface area contributed by atoms with Crippen LogP contribution in [-0.4, -0.2) is 57.5 Å². The standard InChI is InChI=1S/C15H24N2O3S/c1-5-20-14-11-15(13(3)10-12(14)2)21(18,19)17-8-6-16(4)7-9-17/h10-11H,5-9H2,1-4H3. The molecule has 0 saturated carbocycles. The van der Waals surface area contributed by atoms with Gasteiger partial charge >= 0.3 is 0 Å². The molecule has 0 aliphatic carbocycles. The highest BCUT2D eigenvalue weighted by atomic mass is 32.2. The SMILES string of the molecule is CCOc1cc(S(=O)(=O)N2CCN(C)CC2)c(C)cc1C. The predicted molar refractivity (Wildman–Crippen MR) is 83.3 cm³/mol. The topological polar surface area (TPSA) is 49.9 Å². The Hall–Kier alpha value is -1.11. The van der Waals surface area contributed by atoms with Gasteiger partial charge in [-0.3, -0.25) is 0 Å². The molecule has 5 nitrogen and oxygen atoms in total. The average molecular weight is 312 g/mol. The molecular weight excluding hydrogens is 288 g/mol. The molecule has 1 fully saturated rings. The molecular formula is C15H24N2O3S. The fraction of sp³-hybridized carbons (Fsp3) is 0.600. The molecule has 1 aliphatic rings. The van der Waals surface area contributed by atoms with Gasteiger partial charge in [0.2, 0.25) is 10.0 Å². The Kier molecular flexibility index (Phi) is 4.91. The minimum Gasteiger partial charge on any atom is -0.494 e. The molecule has 0 radical (unpaired) electrons. The van der Waals surface area contributed by atoms with Crippen LogP contribution in [0.2, 0.25) is 0 Å². The number of benzene rings is 1. The summed E-state index contributed by atoms with van der Waals surface area (Å²) in [6.07, 6.45) is 0. The van der Waals surface area contributed by atoms with Crippen molar-refractivity contribution in [3.8, 4) is 5.75 Å². The van der Waals surface area contributed by atoms with Crippen molar-refractivity contribution in [3.63, 3.8) is 0 Å². The molecule has 1 aromatic carbocycles. The lowest BCUT2D eigenvalue weighted by Gasteiger charge is -2.32. The second kappa shape index (κ2) is 6.34. The third-order valence-corrected chi connectivity index (χ3v) is 5.89. The molecule has 0 spiro atoms. The van der Waals surface area contributed by atoms with Crippen LogP contribution in [0.15, 0.2) is 17.0 Å². The van der Waals surface area contributed by atoms with E-state index in [1.165, 1.54) is 0 Å². The first kappa shape index (κ1) is 16.3. The number of ether oxygens (including phenoxy) is 1. The summed E-state index contributed by atoms with van der Waals surface area (Å²) in [6.45, 7) is 8.80. The maximum atomic E-state index is 12.8. The minimum atomic E-state index is -3.45. The Labute approximate surface area is 127 Å². The first-order chi connectivity index (χ1) is 9.86. The van der Waals surface area contributed by atoms with E-state index in [0.29, 0.717) is 30.3 Å². The van der Waals surface area contributed by atoms with Crippen molar-refractivity contribution in [1.29, 1.82) is 0 Å². The summed E-state index contributed by atoms with van der Waals surface area (Å²) in [5, 5.41) is 0. The van der Waals surface area contributed by atoms with Gasteiger partial charge in [-0.1, -0.05) is 6.07 Å². The summed E-state index contributed by atoms with van der Waals surface area (Å²) >= 11 is 0. The van der Waals surface area contributed by atoms with Crippen molar-refractivity contribution in [2.75, 3.05) is 39.8 Å². The molecule has 1 aliphatic heterocycles. The van der Waals surface area contributed by atoms with Crippen molar-refractivity contribution >= 4 is 10.0 Å². The predicted octanol–water partition coefficient (Wildman–Crippen LogP) is 1.64. The number of nitrogens with zero attached hydrogens (tertiary/aromatic N) is 2. The van der Waals surface area contributed by atoms with Crippen LogP contribution in [0.3, 0.4) is 0 Å². The number of aryl methyl sites for hydroxylation is 2. The van der Waals surface area contributed by atoms with Crippen molar-refractivity contribution in [2.45, 2.75) is 25.7 Å². The summed E-state index contributed by atoms with van der Waals surface area (Å²) in [4.78, 5) is 2.50. The van der Waals surface area contributed by atoms with Crippen LogP contribution in [0.25, 0.3) is 0 Å². The highest BCUT2D eigenvalue weighted by molar-refractivity contribution is 7.89. The summed E-state index contributed by atoms with van der Waals surface area (Å²) < 4.78 is 32.8. The Balaban J connectivity index is 2.37. The van der Waals surface area contributed by atoms with Crippen LogP contribution < -0.4 is 4.74 Å². The van der Waals surface area contributed by atoms with Gasteiger partial charge in [0.1, 0.15) is 5.75 Å². The van der Waals surface area contributed by atoms with E-state index in [1.807, 2.05) is 33.9 Å². The van der Waals surface area contributed by atoms with Gasteiger partial charge in [-0.25, -0.2) is 8.42 Å². The summed E-state index contributed by atoms with van der Waals surface area (Å²) in [5.41, 5.74) is 1.74. The molecule has 0 N–H and O–H groups in total. The monoisotopic (exact) mass is 312 g/mol. The van der Waals surface area contributed by atoms with Gasteiger partial charge in [-0.2, -0.15) is 4.31 Å². The first-order valence-corrected chi connectivity index (χ1v) is 8.73. The molecule has 0 unspecified atom stereocenters. The molecule has 1 saturated heterocycles. The number of hydrogen-bond acceptors (Lipinski definition) is 4. The zero-order valence-electron chi connectivity index (χ0n) is 13.2. The van der Waals surface area contributed by atoms with Crippen molar-refractivity contribution in [3.05, 3.63) is 23.3 Å². The van der Waals surface area contributed by atoms with E-state index in [1.54, 1.807) is 10.4 Å². The van der Waals surface area contributed by atoms with Crippen LogP contribution in [0.5, 0.6) is 5.75 Å². The molecule has 118 valence electrons. The van der Waals surface area contributed by atoms with E-state index in [9.17, 15) is 8.42 Å². The number of sulfonamides is 1. The van der Waals surface area contributed by atoms with Crippen molar-refractivity contribution in [1.82, 2.24) is 9.21 Å². The van der Waals surface area contributed by atoms with Crippen molar-refractivity contribution in [2.24, 2.45) is 0 Å². The first-order valence-electron chi connectivity index (χ1n) is 7.29. The van der Waals surface area contributed by atoms with E-state index in [-0.39, 0.29) is 0 Å². The molecule has 0 bridgehead atoms. The Morgan fingerprint density at radius 1 is 1.10 bits per heavy atom. The van der Waals surface area contributed by atoms with Crippen LogP contribution in [0.1, 0.15) is 18.1 Å². The van der Waals surface area contributed by atoms with Crippen molar-refractivity contribution < 1.29 is 13.2 Å². The zero-order valence-corrected chi connectivity index (χ0v) is 14.0. The Morgan fingerprint density at radius 3 is 2.29 bits per heavy atom. The smallest absolute Gasteiger partial charge is 0.243 e. The fourth-order valence-electron chi connectivity index (χ4n) is 2.57. The van der Waals surface area contributed by atoms with Gasteiger partial charge in [-0.05, 0) is 38.9 Å². The lowest BCUT2D eigenvalue weighted by molar-refractivity contribution is 0.222. The molecule has 0 atom stereocenters. The van der Waals surface area contributed by atoms with Gasteiger partial charge in [0.05, 0.1) is 11.5 Å². The molecule has 1 aromatic rings. The number of hydrogen-bond donors (Lipinski definition) is 0. The second-order valence-corrected chi connectivity index (χ2v) is 7.43. The maximum absolute atomic E-state index is 12.8. The summed E-state index contributed by atoms with van der Waals surface area (Å²) in [6, 6.07) is 3.55. The maximum Gasteiger partial charge on any atom is 0.243 e. The van der Waals surface area contributed by atoms with Gasteiger partial charge in [0.25, 0.3) is 0 Å². The van der Waals surface area contributed by atoms with Gasteiger partial charge in [0, 0.05) is 32.2 Å². The summed E-state index contributed by atoms with van der Waals surface area (Å²) in [5.74, 6) is 0.649. The number of piperazine rings is 1. The molecule has 1 heterocycles. The molecule has 2 rings (SSSR count). The van der Waals surface area contributed by atoms with Crippen LogP contribution in [0.4, 0.5) is 0 Å². The minimum absolute atomic E-state index is 0.362.